The van der Waals surface area contributed by atoms with Crippen molar-refractivity contribution in [1.82, 2.24) is 14.8 Å². The quantitative estimate of drug-likeness (QED) is 0.346. The molecule has 5 rings (SSSR count). The summed E-state index contributed by atoms with van der Waals surface area (Å²) in [5.74, 6) is 1.24. The Balaban J connectivity index is 1.48. The Labute approximate surface area is 196 Å². The van der Waals surface area contributed by atoms with E-state index in [9.17, 15) is 10.4 Å². The Bertz CT molecular complexity index is 1370. The van der Waals surface area contributed by atoms with Gasteiger partial charge in [0.15, 0.2) is 11.6 Å². The predicted molar refractivity (Wildman–Crippen MR) is 129 cm³/mol. The number of allylic oxidation sites excluding steroid dienone is 1. The van der Waals surface area contributed by atoms with Gasteiger partial charge in [0, 0.05) is 13.1 Å². The first-order chi connectivity index (χ1) is 16.7. The van der Waals surface area contributed by atoms with E-state index in [4.69, 9.17) is 9.47 Å². The number of nitriles is 1. The second-order valence-electron chi connectivity index (χ2n) is 7.83. The molecule has 1 aromatic heterocycles. The maximum atomic E-state index is 10.8. The van der Waals surface area contributed by atoms with Crippen LogP contribution < -0.4 is 9.64 Å². The summed E-state index contributed by atoms with van der Waals surface area (Å²) in [4.78, 5) is 2.06. The molecule has 4 aromatic rings. The van der Waals surface area contributed by atoms with Crippen LogP contribution in [0.2, 0.25) is 0 Å². The lowest BCUT2D eigenvalue weighted by atomic mass is 10.1. The first-order valence-corrected chi connectivity index (χ1v) is 11.0. The molecule has 0 saturated carbocycles. The summed E-state index contributed by atoms with van der Waals surface area (Å²) in [6.45, 7) is 2.32. The van der Waals surface area contributed by atoms with Gasteiger partial charge in [-0.25, -0.2) is 0 Å². The number of aliphatic hydroxyl groups is 1. The topological polar surface area (TPSA) is 96.4 Å². The van der Waals surface area contributed by atoms with Crippen LogP contribution in [0.5, 0.6) is 5.75 Å². The predicted octanol–water partition coefficient (Wildman–Crippen LogP) is 4.13. The fourth-order valence-electron chi connectivity index (χ4n) is 3.95. The molecule has 0 amide bonds. The number of para-hydroxylation sites is 1. The van der Waals surface area contributed by atoms with Crippen molar-refractivity contribution in [3.05, 3.63) is 84.4 Å². The molecule has 1 N–H and O–H groups in total. The average Bonchev–Trinajstić information content (AvgIpc) is 3.33. The van der Waals surface area contributed by atoms with Crippen LogP contribution >= 0.6 is 0 Å². The summed E-state index contributed by atoms with van der Waals surface area (Å²) in [7, 11) is 0. The van der Waals surface area contributed by atoms with Gasteiger partial charge in [-0.1, -0.05) is 48.5 Å². The molecule has 0 aliphatic carbocycles. The van der Waals surface area contributed by atoms with Gasteiger partial charge < -0.3 is 19.5 Å². The molecule has 1 saturated heterocycles. The molecule has 0 bridgehead atoms. The minimum atomic E-state index is -0.214. The SMILES string of the molecule is N#C/C(=C(/O)COc1ccc2ccccc2c1)c1nnc(N2CCOCC2)n1-c1ccccc1. The van der Waals surface area contributed by atoms with Crippen LogP contribution in [0.4, 0.5) is 5.95 Å². The van der Waals surface area contributed by atoms with Crippen molar-refractivity contribution in [2.45, 2.75) is 0 Å². The molecule has 0 atom stereocenters. The lowest BCUT2D eigenvalue weighted by Crippen LogP contribution is -2.38. The summed E-state index contributed by atoms with van der Waals surface area (Å²) < 4.78 is 13.1. The number of benzene rings is 3. The lowest BCUT2D eigenvalue weighted by Gasteiger charge is -2.28. The fourth-order valence-corrected chi connectivity index (χ4v) is 3.95. The van der Waals surface area contributed by atoms with Gasteiger partial charge in [-0.15, -0.1) is 10.2 Å². The highest BCUT2D eigenvalue weighted by Crippen LogP contribution is 2.27. The van der Waals surface area contributed by atoms with E-state index in [2.05, 4.69) is 21.2 Å². The number of aliphatic hydroxyl groups excluding tert-OH is 1. The van der Waals surface area contributed by atoms with Crippen LogP contribution in [-0.2, 0) is 4.74 Å². The molecular formula is C26H23N5O3. The lowest BCUT2D eigenvalue weighted by molar-refractivity contribution is 0.122. The van der Waals surface area contributed by atoms with Crippen LogP contribution in [0.1, 0.15) is 5.82 Å². The Kier molecular flexibility index (Phi) is 6.10. The molecule has 3 aromatic carbocycles. The molecule has 0 unspecified atom stereocenters. The zero-order valence-corrected chi connectivity index (χ0v) is 18.5. The van der Waals surface area contributed by atoms with Crippen LogP contribution in [-0.4, -0.2) is 52.8 Å². The van der Waals surface area contributed by atoms with Gasteiger partial charge in [0.1, 0.15) is 24.0 Å². The molecule has 34 heavy (non-hydrogen) atoms. The van der Waals surface area contributed by atoms with Crippen LogP contribution in [0.15, 0.2) is 78.6 Å². The number of hydrogen-bond donors (Lipinski definition) is 1. The van der Waals surface area contributed by atoms with Gasteiger partial charge in [0.05, 0.1) is 18.9 Å². The van der Waals surface area contributed by atoms with E-state index >= 15 is 0 Å². The zero-order valence-electron chi connectivity index (χ0n) is 18.5. The molecule has 0 radical (unpaired) electrons. The molecule has 8 nitrogen and oxygen atoms in total. The van der Waals surface area contributed by atoms with Crippen molar-refractivity contribution in [3.63, 3.8) is 0 Å². The van der Waals surface area contributed by atoms with Crippen molar-refractivity contribution in [1.29, 1.82) is 5.26 Å². The molecule has 1 fully saturated rings. The molecule has 1 aliphatic rings. The second kappa shape index (κ2) is 9.65. The van der Waals surface area contributed by atoms with Gasteiger partial charge >= 0.3 is 0 Å². The van der Waals surface area contributed by atoms with Crippen molar-refractivity contribution in [2.75, 3.05) is 37.8 Å². The third-order valence-electron chi connectivity index (χ3n) is 5.67. The van der Waals surface area contributed by atoms with E-state index in [0.29, 0.717) is 38.0 Å². The monoisotopic (exact) mass is 453 g/mol. The van der Waals surface area contributed by atoms with Crippen LogP contribution in [0, 0.1) is 11.3 Å². The summed E-state index contributed by atoms with van der Waals surface area (Å²) in [5, 5.41) is 31.6. The minimum absolute atomic E-state index is 0.0108. The summed E-state index contributed by atoms with van der Waals surface area (Å²) >= 11 is 0. The number of nitrogens with zero attached hydrogens (tertiary/aromatic N) is 5. The maximum Gasteiger partial charge on any atom is 0.232 e. The highest BCUT2D eigenvalue weighted by atomic mass is 16.5. The highest BCUT2D eigenvalue weighted by molar-refractivity contribution is 5.83. The van der Waals surface area contributed by atoms with Crippen LogP contribution in [0.25, 0.3) is 22.0 Å². The number of fused-ring (bicyclic) bond motifs is 1. The summed E-state index contributed by atoms with van der Waals surface area (Å²) in [6, 6.07) is 25.3. The fraction of sp³-hybridized carbons (Fsp3) is 0.192. The van der Waals surface area contributed by atoms with Crippen molar-refractivity contribution in [2.24, 2.45) is 0 Å². The Hall–Kier alpha value is -4.35. The normalized spacial score (nSPS) is 14.5. The minimum Gasteiger partial charge on any atom is -0.507 e. The number of ether oxygens (including phenoxy) is 2. The molecule has 8 heteroatoms. The highest BCUT2D eigenvalue weighted by Gasteiger charge is 2.25. The molecule has 0 spiro atoms. The number of aromatic nitrogens is 3. The van der Waals surface area contributed by atoms with Gasteiger partial charge in [0.25, 0.3) is 0 Å². The molecular weight excluding hydrogens is 430 g/mol. The Morgan fingerprint density at radius 2 is 1.71 bits per heavy atom. The first-order valence-electron chi connectivity index (χ1n) is 11.0. The molecule has 1 aliphatic heterocycles. The van der Waals surface area contributed by atoms with Crippen molar-refractivity contribution >= 4 is 22.3 Å². The Morgan fingerprint density at radius 1 is 0.971 bits per heavy atom. The van der Waals surface area contributed by atoms with Crippen molar-refractivity contribution < 1.29 is 14.6 Å². The Morgan fingerprint density at radius 3 is 2.47 bits per heavy atom. The van der Waals surface area contributed by atoms with Gasteiger partial charge in [-0.3, -0.25) is 4.57 Å². The standard InChI is InChI=1S/C26H23N5O3/c27-17-23(24(32)18-34-22-11-10-19-6-4-5-7-20(19)16-22)25-28-29-26(30-12-14-33-15-13-30)31(25)21-8-2-1-3-9-21/h1-11,16,32H,12-15,18H2/b24-23-. The molecule has 170 valence electrons. The van der Waals surface area contributed by atoms with Gasteiger partial charge in [-0.05, 0) is 35.0 Å². The maximum absolute atomic E-state index is 10.8. The summed E-state index contributed by atoms with van der Waals surface area (Å²) in [5.41, 5.74) is 0.802. The van der Waals surface area contributed by atoms with E-state index in [-0.39, 0.29) is 23.8 Å². The number of hydrogen-bond acceptors (Lipinski definition) is 7. The van der Waals surface area contributed by atoms with E-state index in [0.717, 1.165) is 16.5 Å². The van der Waals surface area contributed by atoms with E-state index in [1.54, 1.807) is 4.57 Å². The van der Waals surface area contributed by atoms with Gasteiger partial charge in [0.2, 0.25) is 5.95 Å². The molecule has 2 heterocycles. The third kappa shape index (κ3) is 4.29. The number of rotatable bonds is 6. The summed E-state index contributed by atoms with van der Waals surface area (Å²) in [6.07, 6.45) is 0. The number of morpholine rings is 1. The number of anilines is 1. The van der Waals surface area contributed by atoms with Crippen molar-refractivity contribution in [3.8, 4) is 17.5 Å². The van der Waals surface area contributed by atoms with E-state index in [1.165, 1.54) is 0 Å². The van der Waals surface area contributed by atoms with E-state index < -0.39 is 0 Å². The zero-order chi connectivity index (χ0) is 23.3. The van der Waals surface area contributed by atoms with Gasteiger partial charge in [-0.2, -0.15) is 5.26 Å². The largest absolute Gasteiger partial charge is 0.507 e. The smallest absolute Gasteiger partial charge is 0.232 e. The van der Waals surface area contributed by atoms with Crippen LogP contribution in [0.3, 0.4) is 0 Å². The average molecular weight is 454 g/mol. The second-order valence-corrected chi connectivity index (χ2v) is 7.83. The first kappa shape index (κ1) is 21.5. The third-order valence-corrected chi connectivity index (χ3v) is 5.67. The van der Waals surface area contributed by atoms with E-state index in [1.807, 2.05) is 72.8 Å².